The van der Waals surface area contributed by atoms with Crippen LogP contribution in [-0.4, -0.2) is 17.1 Å². The van der Waals surface area contributed by atoms with Crippen LogP contribution in [0, 0.1) is 11.8 Å². The van der Waals surface area contributed by atoms with Crippen LogP contribution in [0.15, 0.2) is 29.4 Å². The first-order valence-corrected chi connectivity index (χ1v) is 7.08. The van der Waals surface area contributed by atoms with E-state index in [1.165, 1.54) is 31.2 Å². The van der Waals surface area contributed by atoms with E-state index < -0.39 is 0 Å². The van der Waals surface area contributed by atoms with Gasteiger partial charge in [0.05, 0.1) is 0 Å². The van der Waals surface area contributed by atoms with Crippen molar-refractivity contribution in [1.29, 1.82) is 0 Å². The molecule has 2 fully saturated rings. The number of nitrogens with zero attached hydrogens (tertiary/aromatic N) is 1. The van der Waals surface area contributed by atoms with Crippen LogP contribution in [0.1, 0.15) is 36.8 Å². The van der Waals surface area contributed by atoms with Crippen molar-refractivity contribution in [2.75, 3.05) is 0 Å². The average molecular weight is 259 g/mol. The Labute approximate surface area is 113 Å². The Morgan fingerprint density at radius 3 is 2.58 bits per heavy atom. The van der Waals surface area contributed by atoms with Gasteiger partial charge in [-0.25, -0.2) is 0 Å². The number of nitrogens with one attached hydrogen (secondary N) is 1. The van der Waals surface area contributed by atoms with Crippen molar-refractivity contribution in [2.24, 2.45) is 22.7 Å². The molecule has 0 bridgehead atoms. The Bertz CT molecular complexity index is 466. The van der Waals surface area contributed by atoms with E-state index in [1.54, 1.807) is 0 Å². The van der Waals surface area contributed by atoms with E-state index in [0.29, 0.717) is 6.04 Å². The highest BCUT2D eigenvalue weighted by Gasteiger charge is 2.40. The fourth-order valence-corrected chi connectivity index (χ4v) is 2.76. The number of oxime groups is 1. The molecule has 2 saturated carbocycles. The van der Waals surface area contributed by atoms with E-state index in [0.717, 1.165) is 23.9 Å². The Morgan fingerprint density at radius 1 is 1.32 bits per heavy atom. The zero-order chi connectivity index (χ0) is 13.2. The van der Waals surface area contributed by atoms with Crippen LogP contribution in [0.25, 0.3) is 0 Å². The minimum Gasteiger partial charge on any atom is -0.409 e. The number of amidine groups is 1. The van der Waals surface area contributed by atoms with Crippen LogP contribution in [0.3, 0.4) is 0 Å². The normalized spacial score (nSPS) is 19.9. The lowest BCUT2D eigenvalue weighted by Gasteiger charge is -2.17. The van der Waals surface area contributed by atoms with Crippen LogP contribution in [0.2, 0.25) is 0 Å². The van der Waals surface area contributed by atoms with Gasteiger partial charge < -0.3 is 16.3 Å². The molecule has 0 atom stereocenters. The zero-order valence-electron chi connectivity index (χ0n) is 11.0. The fraction of sp³-hybridized carbons (Fsp3) is 0.533. The third-order valence-electron chi connectivity index (χ3n) is 4.13. The van der Waals surface area contributed by atoms with Gasteiger partial charge in [0.25, 0.3) is 0 Å². The van der Waals surface area contributed by atoms with Gasteiger partial charge >= 0.3 is 0 Å². The molecule has 102 valence electrons. The highest BCUT2D eigenvalue weighted by molar-refractivity contribution is 5.97. The van der Waals surface area contributed by atoms with E-state index in [-0.39, 0.29) is 5.84 Å². The molecule has 1 aromatic carbocycles. The number of nitrogens with two attached hydrogens (primary N) is 1. The van der Waals surface area contributed by atoms with E-state index in [4.69, 9.17) is 10.9 Å². The van der Waals surface area contributed by atoms with Gasteiger partial charge in [0.2, 0.25) is 0 Å². The molecule has 0 saturated heterocycles. The quantitative estimate of drug-likeness (QED) is 0.317. The van der Waals surface area contributed by atoms with Gasteiger partial charge in [-0.15, -0.1) is 0 Å². The Balaban J connectivity index is 1.62. The molecule has 2 aliphatic carbocycles. The zero-order valence-corrected chi connectivity index (χ0v) is 11.0. The third-order valence-corrected chi connectivity index (χ3v) is 4.13. The Kier molecular flexibility index (Phi) is 3.42. The molecular weight excluding hydrogens is 238 g/mol. The second kappa shape index (κ2) is 5.21. The first kappa shape index (κ1) is 12.5. The molecular formula is C15H21N3O. The molecule has 4 nitrogen and oxygen atoms in total. The molecule has 0 aliphatic heterocycles. The average Bonchev–Trinajstić information content (AvgIpc) is 3.30. The van der Waals surface area contributed by atoms with Gasteiger partial charge in [-0.05, 0) is 49.1 Å². The van der Waals surface area contributed by atoms with Gasteiger partial charge in [-0.1, -0.05) is 23.4 Å². The maximum absolute atomic E-state index is 8.71. The molecule has 3 rings (SSSR count). The Hall–Kier alpha value is -1.55. The van der Waals surface area contributed by atoms with E-state index >= 15 is 0 Å². The topological polar surface area (TPSA) is 70.6 Å². The predicted molar refractivity (Wildman–Crippen MR) is 75.0 cm³/mol. The van der Waals surface area contributed by atoms with Crippen LogP contribution < -0.4 is 11.1 Å². The van der Waals surface area contributed by atoms with Gasteiger partial charge in [0.1, 0.15) is 0 Å². The van der Waals surface area contributed by atoms with Crippen LogP contribution in [-0.2, 0) is 6.54 Å². The summed E-state index contributed by atoms with van der Waals surface area (Å²) in [6.45, 7) is 0.865. The molecule has 0 amide bonds. The van der Waals surface area contributed by atoms with Crippen LogP contribution in [0.5, 0.6) is 0 Å². The second-order valence-electron chi connectivity index (χ2n) is 5.77. The molecule has 4 N–H and O–H groups in total. The van der Waals surface area contributed by atoms with E-state index in [9.17, 15) is 0 Å². The molecule has 0 spiro atoms. The summed E-state index contributed by atoms with van der Waals surface area (Å²) in [4.78, 5) is 0. The minimum atomic E-state index is 0.169. The molecule has 4 heteroatoms. The predicted octanol–water partition coefficient (Wildman–Crippen LogP) is 2.06. The summed E-state index contributed by atoms with van der Waals surface area (Å²) in [5.74, 6) is 1.97. The second-order valence-corrected chi connectivity index (χ2v) is 5.77. The number of hydrogen-bond donors (Lipinski definition) is 3. The monoisotopic (exact) mass is 259 g/mol. The fourth-order valence-electron chi connectivity index (χ4n) is 2.76. The van der Waals surface area contributed by atoms with Crippen molar-refractivity contribution in [2.45, 2.75) is 38.3 Å². The maximum Gasteiger partial charge on any atom is 0.170 e. The summed E-state index contributed by atoms with van der Waals surface area (Å²) < 4.78 is 0. The molecule has 0 unspecified atom stereocenters. The molecule has 0 heterocycles. The van der Waals surface area contributed by atoms with Gasteiger partial charge in [-0.2, -0.15) is 0 Å². The third kappa shape index (κ3) is 3.07. The Morgan fingerprint density at radius 2 is 2.00 bits per heavy atom. The first-order chi connectivity index (χ1) is 9.28. The molecule has 2 aliphatic rings. The summed E-state index contributed by atoms with van der Waals surface area (Å²) in [6.07, 6.45) is 5.55. The summed E-state index contributed by atoms with van der Waals surface area (Å²) in [5, 5.41) is 15.5. The molecule has 19 heavy (non-hydrogen) atoms. The lowest BCUT2D eigenvalue weighted by molar-refractivity contribution is 0.318. The summed E-state index contributed by atoms with van der Waals surface area (Å²) >= 11 is 0. The summed E-state index contributed by atoms with van der Waals surface area (Å²) in [7, 11) is 0. The maximum atomic E-state index is 8.71. The van der Waals surface area contributed by atoms with Crippen molar-refractivity contribution < 1.29 is 5.21 Å². The minimum absolute atomic E-state index is 0.169. The van der Waals surface area contributed by atoms with Crippen molar-refractivity contribution in [1.82, 2.24) is 5.32 Å². The van der Waals surface area contributed by atoms with Crippen LogP contribution >= 0.6 is 0 Å². The van der Waals surface area contributed by atoms with Gasteiger partial charge in [0, 0.05) is 18.2 Å². The van der Waals surface area contributed by atoms with Crippen LogP contribution in [0.4, 0.5) is 0 Å². The van der Waals surface area contributed by atoms with Crippen molar-refractivity contribution in [3.63, 3.8) is 0 Å². The molecule has 1 aromatic rings. The summed E-state index contributed by atoms with van der Waals surface area (Å²) in [6, 6.07) is 8.58. The highest BCUT2D eigenvalue weighted by Crippen LogP contribution is 2.44. The molecule has 0 aromatic heterocycles. The highest BCUT2D eigenvalue weighted by atomic mass is 16.4. The van der Waals surface area contributed by atoms with Gasteiger partial charge in [-0.3, -0.25) is 0 Å². The lowest BCUT2D eigenvalue weighted by Crippen LogP contribution is -2.32. The molecule has 0 radical (unpaired) electrons. The number of benzene rings is 1. The largest absolute Gasteiger partial charge is 0.409 e. The standard InChI is InChI=1S/C15H21N3O/c16-15(18-19)13-3-1-2-10(8-13)9-17-14(11-4-5-11)12-6-7-12/h1-3,8,11-12,14,17,19H,4-7,9H2,(H2,16,18). The van der Waals surface area contributed by atoms with Crippen molar-refractivity contribution >= 4 is 5.84 Å². The van der Waals surface area contributed by atoms with Gasteiger partial charge in [0.15, 0.2) is 5.84 Å². The summed E-state index contributed by atoms with van der Waals surface area (Å²) in [5.41, 5.74) is 7.58. The lowest BCUT2D eigenvalue weighted by atomic mass is 10.1. The smallest absolute Gasteiger partial charge is 0.170 e. The van der Waals surface area contributed by atoms with Crippen molar-refractivity contribution in [3.8, 4) is 0 Å². The SMILES string of the molecule is NC(=NO)c1cccc(CNC(C2CC2)C2CC2)c1. The number of hydrogen-bond acceptors (Lipinski definition) is 3. The number of rotatable bonds is 6. The first-order valence-electron chi connectivity index (χ1n) is 7.08. The van der Waals surface area contributed by atoms with E-state index in [1.807, 2.05) is 18.2 Å². The van der Waals surface area contributed by atoms with E-state index in [2.05, 4.69) is 16.5 Å². The van der Waals surface area contributed by atoms with Crippen molar-refractivity contribution in [3.05, 3.63) is 35.4 Å².